The first-order valence-corrected chi connectivity index (χ1v) is 5.01. The Morgan fingerprint density at radius 3 is 1.94 bits per heavy atom. The third-order valence-corrected chi connectivity index (χ3v) is 2.50. The Balaban J connectivity index is 0.00000128. The minimum atomic E-state index is 0. The fourth-order valence-electron chi connectivity index (χ4n) is 1.60. The second kappa shape index (κ2) is 5.25. The Bertz CT molecular complexity index is 475. The van der Waals surface area contributed by atoms with Gasteiger partial charge < -0.3 is 5.11 Å². The van der Waals surface area contributed by atoms with Gasteiger partial charge in [0.2, 0.25) is 0 Å². The first-order valence-electron chi connectivity index (χ1n) is 5.01. The SMILES string of the molecule is Cc1ccc(-c2ccc(C)cc2[O-])cc1.[Li+]. The predicted octanol–water partition coefficient (Wildman–Crippen LogP) is 0.0480. The maximum Gasteiger partial charge on any atom is 1.00 e. The van der Waals surface area contributed by atoms with E-state index in [4.69, 9.17) is 0 Å². The van der Waals surface area contributed by atoms with Gasteiger partial charge in [0.15, 0.2) is 0 Å². The number of aryl methyl sites for hydroxylation is 2. The fourth-order valence-corrected chi connectivity index (χ4v) is 1.60. The minimum absolute atomic E-state index is 0. The molecule has 0 saturated carbocycles. The van der Waals surface area contributed by atoms with Crippen molar-refractivity contribution in [1.29, 1.82) is 0 Å². The van der Waals surface area contributed by atoms with Gasteiger partial charge in [0.05, 0.1) is 0 Å². The van der Waals surface area contributed by atoms with Gasteiger partial charge in [-0.3, -0.25) is 0 Å². The van der Waals surface area contributed by atoms with E-state index in [1.54, 1.807) is 6.07 Å². The first-order chi connectivity index (χ1) is 7.16. The molecule has 0 bridgehead atoms. The maximum atomic E-state index is 11.7. The summed E-state index contributed by atoms with van der Waals surface area (Å²) in [5, 5.41) is 11.7. The third kappa shape index (κ3) is 2.69. The van der Waals surface area contributed by atoms with Crippen LogP contribution in [0.3, 0.4) is 0 Å². The molecule has 0 heterocycles. The van der Waals surface area contributed by atoms with Crippen LogP contribution in [0.2, 0.25) is 0 Å². The first kappa shape index (κ1) is 12.9. The predicted molar refractivity (Wildman–Crippen MR) is 60.8 cm³/mol. The fraction of sp³-hybridized carbons (Fsp3) is 0.143. The van der Waals surface area contributed by atoms with Crippen molar-refractivity contribution in [1.82, 2.24) is 0 Å². The molecule has 0 aliphatic rings. The van der Waals surface area contributed by atoms with E-state index in [-0.39, 0.29) is 24.6 Å². The molecule has 0 aromatic heterocycles. The summed E-state index contributed by atoms with van der Waals surface area (Å²) in [5.41, 5.74) is 3.99. The Labute approximate surface area is 108 Å². The zero-order chi connectivity index (χ0) is 10.8. The molecule has 0 fully saturated rings. The van der Waals surface area contributed by atoms with Gasteiger partial charge in [0, 0.05) is 0 Å². The van der Waals surface area contributed by atoms with Crippen LogP contribution in [0.5, 0.6) is 5.75 Å². The summed E-state index contributed by atoms with van der Waals surface area (Å²) in [7, 11) is 0. The van der Waals surface area contributed by atoms with E-state index < -0.39 is 0 Å². The molecule has 0 unspecified atom stereocenters. The molecule has 2 rings (SSSR count). The van der Waals surface area contributed by atoms with Gasteiger partial charge >= 0.3 is 18.9 Å². The van der Waals surface area contributed by atoms with Crippen LogP contribution in [0.1, 0.15) is 11.1 Å². The standard InChI is InChI=1S/C14H14O.Li/c1-10-3-6-12(7-4-10)13-8-5-11(2)9-14(13)15;/h3-9,15H,1-2H3;/q;+1/p-1. The molecule has 0 aliphatic heterocycles. The smallest absolute Gasteiger partial charge is 0.872 e. The number of benzene rings is 2. The Hall–Kier alpha value is -1.16. The summed E-state index contributed by atoms with van der Waals surface area (Å²) in [5.74, 6) is 0.0962. The largest absolute Gasteiger partial charge is 1.00 e. The molecule has 2 aromatic rings. The topological polar surface area (TPSA) is 23.1 Å². The third-order valence-electron chi connectivity index (χ3n) is 2.50. The van der Waals surface area contributed by atoms with Gasteiger partial charge in [0.25, 0.3) is 0 Å². The van der Waals surface area contributed by atoms with Crippen molar-refractivity contribution in [2.75, 3.05) is 0 Å². The zero-order valence-electron chi connectivity index (χ0n) is 9.95. The van der Waals surface area contributed by atoms with E-state index >= 15 is 0 Å². The molecule has 16 heavy (non-hydrogen) atoms. The summed E-state index contributed by atoms with van der Waals surface area (Å²) in [4.78, 5) is 0. The average Bonchev–Trinajstić information content (AvgIpc) is 2.20. The van der Waals surface area contributed by atoms with Crippen molar-refractivity contribution in [2.24, 2.45) is 0 Å². The van der Waals surface area contributed by atoms with Gasteiger partial charge in [-0.2, -0.15) is 0 Å². The van der Waals surface area contributed by atoms with Gasteiger partial charge in [-0.15, -0.1) is 5.75 Å². The number of rotatable bonds is 1. The van der Waals surface area contributed by atoms with Crippen LogP contribution in [-0.2, 0) is 0 Å². The molecule has 1 nitrogen and oxygen atoms in total. The molecule has 0 amide bonds. The van der Waals surface area contributed by atoms with E-state index in [1.165, 1.54) is 5.56 Å². The molecule has 0 N–H and O–H groups in total. The van der Waals surface area contributed by atoms with E-state index in [2.05, 4.69) is 0 Å². The van der Waals surface area contributed by atoms with Crippen molar-refractivity contribution >= 4 is 0 Å². The molecular weight excluding hydrogens is 191 g/mol. The van der Waals surface area contributed by atoms with Crippen molar-refractivity contribution in [3.8, 4) is 16.9 Å². The molecule has 0 aliphatic carbocycles. The zero-order valence-corrected chi connectivity index (χ0v) is 9.95. The van der Waals surface area contributed by atoms with Crippen molar-refractivity contribution in [2.45, 2.75) is 13.8 Å². The summed E-state index contributed by atoms with van der Waals surface area (Å²) < 4.78 is 0. The van der Waals surface area contributed by atoms with Gasteiger partial charge in [-0.25, -0.2) is 0 Å². The van der Waals surface area contributed by atoms with E-state index in [0.29, 0.717) is 0 Å². The molecule has 0 spiro atoms. The summed E-state index contributed by atoms with van der Waals surface area (Å²) in [6.07, 6.45) is 0. The monoisotopic (exact) mass is 204 g/mol. The second-order valence-electron chi connectivity index (χ2n) is 3.87. The van der Waals surface area contributed by atoms with Crippen molar-refractivity contribution in [3.63, 3.8) is 0 Å². The van der Waals surface area contributed by atoms with Crippen molar-refractivity contribution < 1.29 is 24.0 Å². The molecular formula is C14H13LiO. The summed E-state index contributed by atoms with van der Waals surface area (Å²) >= 11 is 0. The molecule has 2 heteroatoms. The van der Waals surface area contributed by atoms with Gasteiger partial charge in [-0.05, 0) is 25.0 Å². The van der Waals surface area contributed by atoms with Crippen LogP contribution in [0, 0.1) is 13.8 Å². The Morgan fingerprint density at radius 1 is 0.812 bits per heavy atom. The van der Waals surface area contributed by atoms with E-state index in [1.807, 2.05) is 50.2 Å². The average molecular weight is 204 g/mol. The Morgan fingerprint density at radius 2 is 1.38 bits per heavy atom. The molecule has 0 atom stereocenters. The quantitative estimate of drug-likeness (QED) is 0.602. The molecule has 76 valence electrons. The van der Waals surface area contributed by atoms with E-state index in [0.717, 1.165) is 16.7 Å². The number of hydrogen-bond donors (Lipinski definition) is 0. The normalized spacial score (nSPS) is 9.62. The summed E-state index contributed by atoms with van der Waals surface area (Å²) in [6.45, 7) is 3.97. The number of hydrogen-bond acceptors (Lipinski definition) is 1. The Kier molecular flexibility index (Phi) is 4.24. The minimum Gasteiger partial charge on any atom is -0.872 e. The van der Waals surface area contributed by atoms with Crippen LogP contribution in [0.25, 0.3) is 11.1 Å². The van der Waals surface area contributed by atoms with Gasteiger partial charge in [-0.1, -0.05) is 53.6 Å². The molecule has 0 radical (unpaired) electrons. The van der Waals surface area contributed by atoms with Gasteiger partial charge in [0.1, 0.15) is 0 Å². The molecule has 2 aromatic carbocycles. The van der Waals surface area contributed by atoms with Crippen LogP contribution >= 0.6 is 0 Å². The van der Waals surface area contributed by atoms with Crippen molar-refractivity contribution in [3.05, 3.63) is 53.6 Å². The summed E-state index contributed by atoms with van der Waals surface area (Å²) in [6, 6.07) is 13.6. The van der Waals surface area contributed by atoms with Crippen LogP contribution in [0.4, 0.5) is 0 Å². The van der Waals surface area contributed by atoms with Crippen LogP contribution < -0.4 is 24.0 Å². The second-order valence-corrected chi connectivity index (χ2v) is 3.87. The van der Waals surface area contributed by atoms with Crippen LogP contribution in [0.15, 0.2) is 42.5 Å². The van der Waals surface area contributed by atoms with E-state index in [9.17, 15) is 5.11 Å². The van der Waals surface area contributed by atoms with Crippen LogP contribution in [-0.4, -0.2) is 0 Å². The molecule has 0 saturated heterocycles. The maximum absolute atomic E-state index is 11.7.